The Morgan fingerprint density at radius 3 is 2.47 bits per heavy atom. The van der Waals surface area contributed by atoms with Crippen LogP contribution in [0.25, 0.3) is 11.1 Å². The average molecular weight is 218 g/mol. The smallest absolute Gasteiger partial charge is 0.346 e. The molecule has 76 valence electrons. The Bertz CT molecular complexity index is 483. The van der Waals surface area contributed by atoms with E-state index in [0.717, 1.165) is 11.1 Å². The SMILES string of the molecule is Cc1ccc(-c2ccsc2C(=O)O)cc1. The molecule has 0 unspecified atom stereocenters. The van der Waals surface area contributed by atoms with Gasteiger partial charge in [-0.15, -0.1) is 11.3 Å². The quantitative estimate of drug-likeness (QED) is 0.838. The second kappa shape index (κ2) is 3.87. The monoisotopic (exact) mass is 218 g/mol. The topological polar surface area (TPSA) is 37.3 Å². The summed E-state index contributed by atoms with van der Waals surface area (Å²) in [5.74, 6) is -0.861. The summed E-state index contributed by atoms with van der Waals surface area (Å²) in [7, 11) is 0. The number of benzene rings is 1. The molecular formula is C12H10O2S. The van der Waals surface area contributed by atoms with Gasteiger partial charge in [-0.1, -0.05) is 29.8 Å². The van der Waals surface area contributed by atoms with Crippen molar-refractivity contribution < 1.29 is 9.90 Å². The van der Waals surface area contributed by atoms with Crippen LogP contribution in [-0.2, 0) is 0 Å². The fourth-order valence-electron chi connectivity index (χ4n) is 1.44. The fourth-order valence-corrected chi connectivity index (χ4v) is 2.19. The van der Waals surface area contributed by atoms with Gasteiger partial charge in [-0.05, 0) is 23.9 Å². The zero-order valence-corrected chi connectivity index (χ0v) is 9.04. The molecular weight excluding hydrogens is 208 g/mol. The molecule has 0 amide bonds. The van der Waals surface area contributed by atoms with Gasteiger partial charge < -0.3 is 5.11 Å². The van der Waals surface area contributed by atoms with E-state index in [1.165, 1.54) is 16.9 Å². The van der Waals surface area contributed by atoms with Gasteiger partial charge in [0.1, 0.15) is 4.88 Å². The van der Waals surface area contributed by atoms with Gasteiger partial charge >= 0.3 is 5.97 Å². The van der Waals surface area contributed by atoms with Crippen molar-refractivity contribution >= 4 is 17.3 Å². The Labute approximate surface area is 91.8 Å². The zero-order valence-electron chi connectivity index (χ0n) is 8.23. The maximum Gasteiger partial charge on any atom is 0.346 e. The highest BCUT2D eigenvalue weighted by Crippen LogP contribution is 2.28. The summed E-state index contributed by atoms with van der Waals surface area (Å²) in [5.41, 5.74) is 2.93. The number of hydrogen-bond acceptors (Lipinski definition) is 2. The predicted octanol–water partition coefficient (Wildman–Crippen LogP) is 3.42. The van der Waals surface area contributed by atoms with E-state index in [1.807, 2.05) is 37.3 Å². The molecule has 0 fully saturated rings. The molecule has 0 spiro atoms. The zero-order chi connectivity index (χ0) is 10.8. The van der Waals surface area contributed by atoms with Crippen LogP contribution in [0.2, 0.25) is 0 Å². The van der Waals surface area contributed by atoms with Crippen LogP contribution in [0.5, 0.6) is 0 Å². The van der Waals surface area contributed by atoms with E-state index in [1.54, 1.807) is 5.38 Å². The van der Waals surface area contributed by atoms with E-state index in [2.05, 4.69) is 0 Å². The molecule has 15 heavy (non-hydrogen) atoms. The molecule has 0 aliphatic rings. The molecule has 1 aromatic carbocycles. The molecule has 0 bridgehead atoms. The van der Waals surface area contributed by atoms with Crippen LogP contribution in [0.4, 0.5) is 0 Å². The lowest BCUT2D eigenvalue weighted by atomic mass is 10.1. The molecule has 3 heteroatoms. The maximum absolute atomic E-state index is 10.9. The first kappa shape index (κ1) is 9.93. The summed E-state index contributed by atoms with van der Waals surface area (Å²) < 4.78 is 0. The third-order valence-electron chi connectivity index (χ3n) is 2.22. The molecule has 0 saturated carbocycles. The Morgan fingerprint density at radius 1 is 1.20 bits per heavy atom. The van der Waals surface area contributed by atoms with E-state index in [-0.39, 0.29) is 0 Å². The normalized spacial score (nSPS) is 10.2. The van der Waals surface area contributed by atoms with Crippen molar-refractivity contribution in [2.45, 2.75) is 6.92 Å². The van der Waals surface area contributed by atoms with E-state index in [9.17, 15) is 4.79 Å². The number of carbonyl (C=O) groups is 1. The van der Waals surface area contributed by atoms with Crippen LogP contribution < -0.4 is 0 Å². The van der Waals surface area contributed by atoms with Crippen molar-refractivity contribution in [1.29, 1.82) is 0 Å². The second-order valence-electron chi connectivity index (χ2n) is 3.33. The lowest BCUT2D eigenvalue weighted by Gasteiger charge is -2.00. The van der Waals surface area contributed by atoms with Crippen LogP contribution in [0.3, 0.4) is 0 Å². The maximum atomic E-state index is 10.9. The van der Waals surface area contributed by atoms with Gasteiger partial charge in [-0.2, -0.15) is 0 Å². The van der Waals surface area contributed by atoms with E-state index >= 15 is 0 Å². The number of hydrogen-bond donors (Lipinski definition) is 1. The first-order chi connectivity index (χ1) is 7.18. The number of carboxylic acid groups (broad SMARTS) is 1. The van der Waals surface area contributed by atoms with Gasteiger partial charge in [0, 0.05) is 5.56 Å². The molecule has 0 aliphatic heterocycles. The first-order valence-corrected chi connectivity index (χ1v) is 5.44. The molecule has 2 rings (SSSR count). The third kappa shape index (κ3) is 1.92. The molecule has 1 heterocycles. The highest BCUT2D eigenvalue weighted by molar-refractivity contribution is 7.12. The molecule has 0 radical (unpaired) electrons. The largest absolute Gasteiger partial charge is 0.477 e. The second-order valence-corrected chi connectivity index (χ2v) is 4.25. The van der Waals surface area contributed by atoms with Crippen LogP contribution in [-0.4, -0.2) is 11.1 Å². The number of rotatable bonds is 2. The standard InChI is InChI=1S/C12H10O2S/c1-8-2-4-9(5-3-8)10-6-7-15-11(10)12(13)14/h2-7H,1H3,(H,13,14). The minimum absolute atomic E-state index is 0.402. The first-order valence-electron chi connectivity index (χ1n) is 4.56. The summed E-state index contributed by atoms with van der Waals surface area (Å²) >= 11 is 1.26. The molecule has 1 N–H and O–H groups in total. The predicted molar refractivity (Wildman–Crippen MR) is 61.5 cm³/mol. The van der Waals surface area contributed by atoms with Gasteiger partial charge in [-0.3, -0.25) is 0 Å². The molecule has 1 aromatic heterocycles. The number of thiophene rings is 1. The number of aryl methyl sites for hydroxylation is 1. The Kier molecular flexibility index (Phi) is 2.56. The highest BCUT2D eigenvalue weighted by Gasteiger charge is 2.12. The van der Waals surface area contributed by atoms with Gasteiger partial charge in [0.05, 0.1) is 0 Å². The molecule has 0 atom stereocenters. The number of aromatic carboxylic acids is 1. The minimum Gasteiger partial charge on any atom is -0.477 e. The van der Waals surface area contributed by atoms with Crippen molar-refractivity contribution in [1.82, 2.24) is 0 Å². The van der Waals surface area contributed by atoms with Crippen LogP contribution in [0, 0.1) is 6.92 Å². The van der Waals surface area contributed by atoms with E-state index in [4.69, 9.17) is 5.11 Å². The lowest BCUT2D eigenvalue weighted by Crippen LogP contribution is -1.94. The minimum atomic E-state index is -0.861. The Hall–Kier alpha value is -1.61. The van der Waals surface area contributed by atoms with Gasteiger partial charge in [0.2, 0.25) is 0 Å². The third-order valence-corrected chi connectivity index (χ3v) is 3.12. The highest BCUT2D eigenvalue weighted by atomic mass is 32.1. The summed E-state index contributed by atoms with van der Waals surface area (Å²) in [6.07, 6.45) is 0. The van der Waals surface area contributed by atoms with Gasteiger partial charge in [0.15, 0.2) is 0 Å². The summed E-state index contributed by atoms with van der Waals surface area (Å²) in [6.45, 7) is 2.01. The van der Waals surface area contributed by atoms with Gasteiger partial charge in [0.25, 0.3) is 0 Å². The summed E-state index contributed by atoms with van der Waals surface area (Å²) in [5, 5.41) is 10.8. The Balaban J connectivity index is 2.49. The van der Waals surface area contributed by atoms with Crippen molar-refractivity contribution in [2.24, 2.45) is 0 Å². The van der Waals surface area contributed by atoms with Crippen molar-refractivity contribution in [3.63, 3.8) is 0 Å². The van der Waals surface area contributed by atoms with Crippen molar-refractivity contribution in [2.75, 3.05) is 0 Å². The summed E-state index contributed by atoms with van der Waals surface area (Å²) in [6, 6.07) is 9.71. The average Bonchev–Trinajstić information content (AvgIpc) is 2.67. The number of carboxylic acids is 1. The molecule has 0 saturated heterocycles. The molecule has 0 aliphatic carbocycles. The summed E-state index contributed by atoms with van der Waals surface area (Å²) in [4.78, 5) is 11.3. The van der Waals surface area contributed by atoms with Crippen molar-refractivity contribution in [3.05, 3.63) is 46.2 Å². The van der Waals surface area contributed by atoms with Crippen LogP contribution >= 0.6 is 11.3 Å². The van der Waals surface area contributed by atoms with Gasteiger partial charge in [-0.25, -0.2) is 4.79 Å². The van der Waals surface area contributed by atoms with E-state index in [0.29, 0.717) is 4.88 Å². The van der Waals surface area contributed by atoms with Crippen LogP contribution in [0.15, 0.2) is 35.7 Å². The fraction of sp³-hybridized carbons (Fsp3) is 0.0833. The molecule has 2 nitrogen and oxygen atoms in total. The Morgan fingerprint density at radius 2 is 1.87 bits per heavy atom. The van der Waals surface area contributed by atoms with Crippen LogP contribution in [0.1, 0.15) is 15.2 Å². The molecule has 2 aromatic rings. The van der Waals surface area contributed by atoms with Crippen molar-refractivity contribution in [3.8, 4) is 11.1 Å². The van der Waals surface area contributed by atoms with E-state index < -0.39 is 5.97 Å². The lowest BCUT2D eigenvalue weighted by molar-refractivity contribution is 0.0703.